The number of nitrogens with one attached hydrogen (secondary N) is 1. The van der Waals surface area contributed by atoms with Crippen molar-refractivity contribution >= 4 is 51.6 Å². The molecule has 4 aromatic rings. The minimum absolute atomic E-state index is 0.0249. The van der Waals surface area contributed by atoms with Crippen LogP contribution >= 0.6 is 34.8 Å². The fourth-order valence-corrected chi connectivity index (χ4v) is 5.65. The standard InChI is InChI=1S/C29H26Cl3N3O/c30-22-7-5-19(6-8-22)13-26-17-25(34-18-20-9-11-33-28-4-2-1-3-27(20)28)10-12-35(26)29(36)21-14-23(31)16-24(32)15-21/h1-9,11,14-16,25-26,34H,10,12-13,17-18H2/t25-,26+/m0/s1. The fraction of sp³-hybridized carbons (Fsp3) is 0.241. The molecule has 3 aromatic carbocycles. The number of para-hydroxylation sites is 1. The highest BCUT2D eigenvalue weighted by molar-refractivity contribution is 6.35. The summed E-state index contributed by atoms with van der Waals surface area (Å²) < 4.78 is 0. The first-order chi connectivity index (χ1) is 17.5. The van der Waals surface area contributed by atoms with Crippen molar-refractivity contribution < 1.29 is 4.79 Å². The van der Waals surface area contributed by atoms with Crippen LogP contribution in [0.3, 0.4) is 0 Å². The number of halogens is 3. The molecule has 1 fully saturated rings. The van der Waals surface area contributed by atoms with Crippen LogP contribution < -0.4 is 5.32 Å². The van der Waals surface area contributed by atoms with Crippen molar-refractivity contribution in [3.8, 4) is 0 Å². The molecule has 36 heavy (non-hydrogen) atoms. The first-order valence-corrected chi connectivity index (χ1v) is 13.2. The van der Waals surface area contributed by atoms with Crippen molar-refractivity contribution in [1.29, 1.82) is 0 Å². The number of benzene rings is 3. The van der Waals surface area contributed by atoms with Crippen molar-refractivity contribution in [2.45, 2.75) is 37.9 Å². The summed E-state index contributed by atoms with van der Waals surface area (Å²) >= 11 is 18.5. The number of carbonyl (C=O) groups excluding carboxylic acids is 1. The van der Waals surface area contributed by atoms with E-state index >= 15 is 0 Å². The number of nitrogens with zero attached hydrogens (tertiary/aromatic N) is 2. The Hall–Kier alpha value is -2.63. The summed E-state index contributed by atoms with van der Waals surface area (Å²) in [6.45, 7) is 1.40. The van der Waals surface area contributed by atoms with Gasteiger partial charge in [-0.3, -0.25) is 9.78 Å². The van der Waals surface area contributed by atoms with Crippen LogP contribution in [0.1, 0.15) is 34.3 Å². The van der Waals surface area contributed by atoms with E-state index in [0.717, 1.165) is 42.3 Å². The topological polar surface area (TPSA) is 45.2 Å². The molecular weight excluding hydrogens is 513 g/mol. The van der Waals surface area contributed by atoms with E-state index in [1.165, 1.54) is 5.56 Å². The van der Waals surface area contributed by atoms with Crippen molar-refractivity contribution in [3.63, 3.8) is 0 Å². The predicted molar refractivity (Wildman–Crippen MR) is 148 cm³/mol. The first-order valence-electron chi connectivity index (χ1n) is 12.0. The molecule has 0 radical (unpaired) electrons. The maximum absolute atomic E-state index is 13.6. The molecule has 5 rings (SSSR count). The molecule has 4 nitrogen and oxygen atoms in total. The lowest BCUT2D eigenvalue weighted by Gasteiger charge is -2.40. The Labute approximate surface area is 226 Å². The molecule has 1 aliphatic rings. The second-order valence-electron chi connectivity index (χ2n) is 9.23. The number of carbonyl (C=O) groups is 1. The van der Waals surface area contributed by atoms with Crippen LogP contribution in [0.25, 0.3) is 10.9 Å². The Morgan fingerprint density at radius 1 is 0.944 bits per heavy atom. The van der Waals surface area contributed by atoms with Crippen LogP contribution in [0.15, 0.2) is 79.0 Å². The number of pyridine rings is 1. The van der Waals surface area contributed by atoms with Gasteiger partial charge in [-0.1, -0.05) is 65.1 Å². The highest BCUT2D eigenvalue weighted by Gasteiger charge is 2.32. The molecule has 1 amide bonds. The minimum Gasteiger partial charge on any atom is -0.335 e. The van der Waals surface area contributed by atoms with Gasteiger partial charge in [0, 0.05) is 57.4 Å². The van der Waals surface area contributed by atoms with E-state index in [9.17, 15) is 4.79 Å². The Morgan fingerprint density at radius 2 is 1.69 bits per heavy atom. The number of rotatable bonds is 6. The van der Waals surface area contributed by atoms with Gasteiger partial charge in [0.15, 0.2) is 0 Å². The van der Waals surface area contributed by atoms with E-state index in [4.69, 9.17) is 34.8 Å². The van der Waals surface area contributed by atoms with E-state index < -0.39 is 0 Å². The maximum atomic E-state index is 13.6. The SMILES string of the molecule is O=C(c1cc(Cl)cc(Cl)c1)N1CC[C@H](NCc2ccnc3ccccc23)C[C@H]1Cc1ccc(Cl)cc1. The summed E-state index contributed by atoms with van der Waals surface area (Å²) in [4.78, 5) is 20.0. The molecule has 2 heterocycles. The summed E-state index contributed by atoms with van der Waals surface area (Å²) in [6, 6.07) is 23.4. The average molecular weight is 539 g/mol. The lowest BCUT2D eigenvalue weighted by Crippen LogP contribution is -2.51. The smallest absolute Gasteiger partial charge is 0.254 e. The summed E-state index contributed by atoms with van der Waals surface area (Å²) in [5.41, 5.74) is 3.88. The van der Waals surface area contributed by atoms with Gasteiger partial charge in [0.1, 0.15) is 0 Å². The van der Waals surface area contributed by atoms with Crippen molar-refractivity contribution in [2.75, 3.05) is 6.54 Å². The van der Waals surface area contributed by atoms with Crippen LogP contribution in [-0.2, 0) is 13.0 Å². The third-order valence-corrected chi connectivity index (χ3v) is 7.48. The van der Waals surface area contributed by atoms with E-state index in [0.29, 0.717) is 27.2 Å². The largest absolute Gasteiger partial charge is 0.335 e. The Bertz CT molecular complexity index is 1350. The summed E-state index contributed by atoms with van der Waals surface area (Å²) in [5.74, 6) is -0.0445. The molecule has 2 atom stereocenters. The van der Waals surface area contributed by atoms with Crippen LogP contribution in [-0.4, -0.2) is 34.4 Å². The van der Waals surface area contributed by atoms with Gasteiger partial charge in [0.25, 0.3) is 5.91 Å². The van der Waals surface area contributed by atoms with Crippen molar-refractivity contribution in [1.82, 2.24) is 15.2 Å². The molecule has 0 saturated carbocycles. The zero-order chi connectivity index (χ0) is 25.1. The van der Waals surface area contributed by atoms with Gasteiger partial charge in [-0.25, -0.2) is 0 Å². The van der Waals surface area contributed by atoms with Gasteiger partial charge in [0.05, 0.1) is 5.52 Å². The molecule has 1 N–H and O–H groups in total. The van der Waals surface area contributed by atoms with Crippen LogP contribution in [0.4, 0.5) is 0 Å². The summed E-state index contributed by atoms with van der Waals surface area (Å²) in [6.07, 6.45) is 4.31. The normalized spacial score (nSPS) is 17.9. The van der Waals surface area contributed by atoms with Gasteiger partial charge < -0.3 is 10.2 Å². The lowest BCUT2D eigenvalue weighted by atomic mass is 9.91. The Balaban J connectivity index is 1.35. The molecule has 0 bridgehead atoms. The van der Waals surface area contributed by atoms with Crippen LogP contribution in [0, 0.1) is 0 Å². The minimum atomic E-state index is -0.0445. The van der Waals surface area contributed by atoms with E-state index in [1.807, 2.05) is 53.6 Å². The van der Waals surface area contributed by atoms with Crippen molar-refractivity contribution in [3.05, 3.63) is 111 Å². The molecule has 0 unspecified atom stereocenters. The molecule has 0 spiro atoms. The van der Waals surface area contributed by atoms with E-state index in [1.54, 1.807) is 18.2 Å². The van der Waals surface area contributed by atoms with Crippen molar-refractivity contribution in [2.24, 2.45) is 0 Å². The molecular formula is C29H26Cl3N3O. The maximum Gasteiger partial charge on any atom is 0.254 e. The van der Waals surface area contributed by atoms with Gasteiger partial charge >= 0.3 is 0 Å². The van der Waals surface area contributed by atoms with E-state index in [-0.39, 0.29) is 18.0 Å². The quantitative estimate of drug-likeness (QED) is 0.282. The van der Waals surface area contributed by atoms with Gasteiger partial charge in [-0.15, -0.1) is 0 Å². The first kappa shape index (κ1) is 25.0. The number of aromatic nitrogens is 1. The second-order valence-corrected chi connectivity index (χ2v) is 10.5. The van der Waals surface area contributed by atoms with Crippen LogP contribution in [0.2, 0.25) is 15.1 Å². The molecule has 0 aliphatic carbocycles. The predicted octanol–water partition coefficient (Wildman–Crippen LogP) is 7.20. The number of likely N-dealkylation sites (tertiary alicyclic amines) is 1. The number of hydrogen-bond donors (Lipinski definition) is 1. The fourth-order valence-electron chi connectivity index (χ4n) is 5.00. The lowest BCUT2D eigenvalue weighted by molar-refractivity contribution is 0.0576. The third-order valence-electron chi connectivity index (χ3n) is 6.79. The average Bonchev–Trinajstić information content (AvgIpc) is 2.88. The number of hydrogen-bond acceptors (Lipinski definition) is 3. The number of fused-ring (bicyclic) bond motifs is 1. The molecule has 7 heteroatoms. The molecule has 1 aromatic heterocycles. The number of piperidine rings is 1. The van der Waals surface area contributed by atoms with Gasteiger partial charge in [0.2, 0.25) is 0 Å². The summed E-state index contributed by atoms with van der Waals surface area (Å²) in [5, 5.41) is 6.53. The molecule has 1 aliphatic heterocycles. The van der Waals surface area contributed by atoms with Gasteiger partial charge in [-0.05, 0) is 72.9 Å². The highest BCUT2D eigenvalue weighted by Crippen LogP contribution is 2.27. The third kappa shape index (κ3) is 5.84. The molecule has 1 saturated heterocycles. The Kier molecular flexibility index (Phi) is 7.78. The van der Waals surface area contributed by atoms with E-state index in [2.05, 4.69) is 22.4 Å². The second kappa shape index (κ2) is 11.2. The highest BCUT2D eigenvalue weighted by atomic mass is 35.5. The zero-order valence-electron chi connectivity index (χ0n) is 19.6. The van der Waals surface area contributed by atoms with Crippen LogP contribution in [0.5, 0.6) is 0 Å². The Morgan fingerprint density at radius 3 is 2.47 bits per heavy atom. The van der Waals surface area contributed by atoms with Gasteiger partial charge in [-0.2, -0.15) is 0 Å². The summed E-state index contributed by atoms with van der Waals surface area (Å²) in [7, 11) is 0. The molecule has 184 valence electrons. The monoisotopic (exact) mass is 537 g/mol. The number of amides is 1. The zero-order valence-corrected chi connectivity index (χ0v) is 21.9.